The van der Waals surface area contributed by atoms with Crippen molar-refractivity contribution in [2.24, 2.45) is 0 Å². The lowest BCUT2D eigenvalue weighted by Gasteiger charge is -2.14. The maximum Gasteiger partial charge on any atom is 0.418 e. The summed E-state index contributed by atoms with van der Waals surface area (Å²) in [7, 11) is -4.50. The van der Waals surface area contributed by atoms with Crippen LogP contribution in [-0.4, -0.2) is 34.6 Å². The van der Waals surface area contributed by atoms with Gasteiger partial charge in [0.15, 0.2) is 0 Å². The lowest BCUT2D eigenvalue weighted by Crippen LogP contribution is -2.31. The molecule has 0 saturated carbocycles. The predicted octanol–water partition coefficient (Wildman–Crippen LogP) is 8.27. The monoisotopic (exact) mass is 805 g/mol. The fraction of sp³-hybridized carbons (Fsp3) is 0.150. The Balaban J connectivity index is 1.34. The van der Waals surface area contributed by atoms with Crippen LogP contribution in [0.2, 0.25) is 5.02 Å². The average molecular weight is 806 g/mol. The Hall–Kier alpha value is -6.06. The minimum atomic E-state index is -4.91. The maximum atomic E-state index is 15.9. The number of anilines is 1. The number of carbonyl (C=O) groups excluding carboxylic acids is 2. The Morgan fingerprint density at radius 2 is 1.55 bits per heavy atom. The zero-order valence-corrected chi connectivity index (χ0v) is 31.1. The van der Waals surface area contributed by atoms with E-state index in [4.69, 9.17) is 11.6 Å². The van der Waals surface area contributed by atoms with Crippen molar-refractivity contribution in [3.05, 3.63) is 165 Å². The van der Waals surface area contributed by atoms with Gasteiger partial charge in [-0.15, -0.1) is 5.10 Å². The molecule has 0 radical (unpaired) electrons. The third kappa shape index (κ3) is 8.58. The molecule has 6 rings (SSSR count). The number of unbranched alkanes of at least 4 members (excludes halogenated alkanes) is 1. The number of nitrogens with zero attached hydrogens (tertiary/aromatic N) is 3. The van der Waals surface area contributed by atoms with Crippen molar-refractivity contribution in [2.45, 2.75) is 43.8 Å². The van der Waals surface area contributed by atoms with Crippen LogP contribution in [0.1, 0.15) is 57.4 Å². The summed E-state index contributed by atoms with van der Waals surface area (Å²) in [5.74, 6) is -2.31. The second kappa shape index (κ2) is 16.4. The van der Waals surface area contributed by atoms with Crippen molar-refractivity contribution in [3.63, 3.8) is 0 Å². The second-order valence-electron chi connectivity index (χ2n) is 12.6. The van der Waals surface area contributed by atoms with E-state index in [0.29, 0.717) is 17.5 Å². The van der Waals surface area contributed by atoms with Gasteiger partial charge in [0.25, 0.3) is 21.8 Å². The van der Waals surface area contributed by atoms with Gasteiger partial charge in [-0.25, -0.2) is 22.3 Å². The lowest BCUT2D eigenvalue weighted by atomic mass is 10.0. The summed E-state index contributed by atoms with van der Waals surface area (Å²) in [5.41, 5.74) is -2.50. The molecule has 2 amide bonds. The molecule has 0 spiro atoms. The quantitative estimate of drug-likeness (QED) is 0.120. The SMILES string of the molecule is CCCCc1nn(-c2cc(NC(=O)c3ccccc3)ccc2C(F)(F)F)c(=O)n1Cc1ccc(-c2ccccc2S(=O)(=O)NC(=O)c2ccccc2Cl)cc1F. The summed E-state index contributed by atoms with van der Waals surface area (Å²) < 4.78 is 89.4. The standard InChI is InChI=1S/C40H32ClF4N5O5S/c1-2-3-17-36-47-50(34-23-28(20-21-31(34)40(43,44)45)46-37(51)25-11-5-4-6-12-25)39(53)49(36)24-27-19-18-26(22-33(27)42)29-13-8-10-16-35(29)56(54,55)48-38(52)30-14-7-9-15-32(30)41/h4-16,18-23H,2-3,17,24H2,1H3,(H,46,51)(H,48,52). The van der Waals surface area contributed by atoms with E-state index in [9.17, 15) is 36.0 Å². The second-order valence-corrected chi connectivity index (χ2v) is 14.6. The predicted molar refractivity (Wildman–Crippen MR) is 203 cm³/mol. The molecule has 0 aliphatic carbocycles. The number of benzene rings is 5. The molecule has 56 heavy (non-hydrogen) atoms. The minimum Gasteiger partial charge on any atom is -0.322 e. The fourth-order valence-corrected chi connectivity index (χ4v) is 7.34. The summed E-state index contributed by atoms with van der Waals surface area (Å²) in [4.78, 5) is 39.2. The summed E-state index contributed by atoms with van der Waals surface area (Å²) in [6.07, 6.45) is -3.57. The third-order valence-corrected chi connectivity index (χ3v) is 10.5. The van der Waals surface area contributed by atoms with Crippen molar-refractivity contribution >= 4 is 39.1 Å². The Kier molecular flexibility index (Phi) is 11.6. The first kappa shape index (κ1) is 39.6. The average Bonchev–Trinajstić information content (AvgIpc) is 3.48. The van der Waals surface area contributed by atoms with Crippen molar-refractivity contribution < 1.29 is 35.6 Å². The molecule has 0 bridgehead atoms. The third-order valence-electron chi connectivity index (χ3n) is 8.73. The van der Waals surface area contributed by atoms with Crippen LogP contribution in [0.3, 0.4) is 0 Å². The van der Waals surface area contributed by atoms with Crippen LogP contribution >= 0.6 is 11.6 Å². The number of nitrogens with one attached hydrogen (secondary N) is 2. The molecule has 10 nitrogen and oxygen atoms in total. The van der Waals surface area contributed by atoms with E-state index in [0.717, 1.165) is 28.8 Å². The van der Waals surface area contributed by atoms with Gasteiger partial charge < -0.3 is 5.32 Å². The number of rotatable bonds is 12. The van der Waals surface area contributed by atoms with E-state index < -0.39 is 57.3 Å². The Morgan fingerprint density at radius 1 is 0.857 bits per heavy atom. The molecule has 0 saturated heterocycles. The number of sulfonamides is 1. The highest BCUT2D eigenvalue weighted by molar-refractivity contribution is 7.90. The van der Waals surface area contributed by atoms with Gasteiger partial charge >= 0.3 is 11.9 Å². The van der Waals surface area contributed by atoms with Gasteiger partial charge in [-0.3, -0.25) is 14.2 Å². The number of alkyl halides is 3. The molecule has 0 fully saturated rings. The molecule has 16 heteroatoms. The minimum absolute atomic E-state index is 0.0224. The molecule has 6 aromatic rings. The largest absolute Gasteiger partial charge is 0.418 e. The Bertz CT molecular complexity index is 2610. The van der Waals surface area contributed by atoms with Crippen LogP contribution < -0.4 is 15.7 Å². The molecule has 5 aromatic carbocycles. The molecule has 1 aromatic heterocycles. The van der Waals surface area contributed by atoms with Gasteiger partial charge in [0, 0.05) is 28.8 Å². The molecular weight excluding hydrogens is 774 g/mol. The van der Waals surface area contributed by atoms with Crippen molar-refractivity contribution in [1.29, 1.82) is 0 Å². The number of amides is 2. The highest BCUT2D eigenvalue weighted by Gasteiger charge is 2.35. The number of hydrogen-bond donors (Lipinski definition) is 2. The molecule has 1 heterocycles. The van der Waals surface area contributed by atoms with Crippen LogP contribution in [0.25, 0.3) is 16.8 Å². The molecule has 2 N–H and O–H groups in total. The summed E-state index contributed by atoms with van der Waals surface area (Å²) in [6, 6.07) is 26.1. The van der Waals surface area contributed by atoms with E-state index in [-0.39, 0.29) is 55.7 Å². The van der Waals surface area contributed by atoms with Crippen LogP contribution in [-0.2, 0) is 29.2 Å². The number of carbonyl (C=O) groups is 2. The van der Waals surface area contributed by atoms with E-state index in [1.165, 1.54) is 66.7 Å². The van der Waals surface area contributed by atoms with Crippen molar-refractivity contribution in [3.8, 4) is 16.8 Å². The van der Waals surface area contributed by atoms with Gasteiger partial charge in [0.2, 0.25) is 0 Å². The highest BCUT2D eigenvalue weighted by atomic mass is 35.5. The summed E-state index contributed by atoms with van der Waals surface area (Å²) >= 11 is 6.07. The fourth-order valence-electron chi connectivity index (χ4n) is 5.92. The zero-order chi connectivity index (χ0) is 40.2. The first-order valence-corrected chi connectivity index (χ1v) is 19.0. The normalized spacial score (nSPS) is 11.7. The zero-order valence-electron chi connectivity index (χ0n) is 29.5. The van der Waals surface area contributed by atoms with E-state index >= 15 is 4.39 Å². The lowest BCUT2D eigenvalue weighted by molar-refractivity contribution is -0.137. The van der Waals surface area contributed by atoms with E-state index in [1.54, 1.807) is 24.3 Å². The smallest absolute Gasteiger partial charge is 0.322 e. The number of aromatic nitrogens is 3. The van der Waals surface area contributed by atoms with Crippen molar-refractivity contribution in [1.82, 2.24) is 19.1 Å². The van der Waals surface area contributed by atoms with Gasteiger partial charge in [0.05, 0.1) is 33.3 Å². The van der Waals surface area contributed by atoms with Crippen molar-refractivity contribution in [2.75, 3.05) is 5.32 Å². The first-order chi connectivity index (χ1) is 26.7. The number of hydrogen-bond acceptors (Lipinski definition) is 6. The van der Waals surface area contributed by atoms with Gasteiger partial charge in [0.1, 0.15) is 11.6 Å². The summed E-state index contributed by atoms with van der Waals surface area (Å²) in [5, 5.41) is 6.86. The molecule has 0 aliphatic rings. The summed E-state index contributed by atoms with van der Waals surface area (Å²) in [6.45, 7) is 1.45. The number of aryl methyl sites for hydroxylation is 1. The van der Waals surface area contributed by atoms with Crippen LogP contribution in [0, 0.1) is 5.82 Å². The Morgan fingerprint density at radius 3 is 2.25 bits per heavy atom. The van der Waals surface area contributed by atoms with E-state index in [2.05, 4.69) is 10.4 Å². The molecule has 0 aliphatic heterocycles. The molecule has 288 valence electrons. The molecule has 0 unspecified atom stereocenters. The Labute approximate surface area is 323 Å². The highest BCUT2D eigenvalue weighted by Crippen LogP contribution is 2.35. The maximum absolute atomic E-state index is 15.9. The van der Waals surface area contributed by atoms with Crippen LogP contribution in [0.15, 0.2) is 125 Å². The first-order valence-electron chi connectivity index (χ1n) is 17.1. The molecular formula is C40H32ClF4N5O5S. The molecule has 0 atom stereocenters. The topological polar surface area (TPSA) is 132 Å². The van der Waals surface area contributed by atoms with Gasteiger partial charge in [-0.2, -0.15) is 17.9 Å². The van der Waals surface area contributed by atoms with Gasteiger partial charge in [-0.05, 0) is 66.6 Å². The van der Waals surface area contributed by atoms with Crippen LogP contribution in [0.4, 0.5) is 23.2 Å². The van der Waals surface area contributed by atoms with Gasteiger partial charge in [-0.1, -0.05) is 85.6 Å². The van der Waals surface area contributed by atoms with Crippen LogP contribution in [0.5, 0.6) is 0 Å². The number of halogens is 5. The van der Waals surface area contributed by atoms with E-state index in [1.807, 2.05) is 11.6 Å².